The van der Waals surface area contributed by atoms with Crippen LogP contribution in [0.15, 0.2) is 71.2 Å². The Balaban J connectivity index is 1.57. The van der Waals surface area contributed by atoms with Crippen molar-refractivity contribution < 1.29 is 9.47 Å². The van der Waals surface area contributed by atoms with Crippen LogP contribution in [0.5, 0.6) is 11.5 Å². The van der Waals surface area contributed by atoms with Crippen LogP contribution in [0.1, 0.15) is 30.0 Å². The lowest BCUT2D eigenvalue weighted by atomic mass is 10.1. The van der Waals surface area contributed by atoms with E-state index in [0.29, 0.717) is 29.2 Å². The molecular weight excluding hydrogens is 462 g/mol. The first-order valence-electron chi connectivity index (χ1n) is 10.1. The van der Waals surface area contributed by atoms with Gasteiger partial charge in [-0.2, -0.15) is 0 Å². The number of aryl methyl sites for hydroxylation is 1. The SMILES string of the molecule is COc1cc(CN[C@H](C)CCc2ccccc2)cc(Br)c1OCc1cccc(Cl)c1. The van der Waals surface area contributed by atoms with Crippen molar-refractivity contribution in [3.8, 4) is 11.5 Å². The van der Waals surface area contributed by atoms with E-state index >= 15 is 0 Å². The van der Waals surface area contributed by atoms with Crippen LogP contribution in [-0.4, -0.2) is 13.2 Å². The molecule has 0 spiro atoms. The smallest absolute Gasteiger partial charge is 0.175 e. The largest absolute Gasteiger partial charge is 0.493 e. The molecule has 0 aliphatic carbocycles. The van der Waals surface area contributed by atoms with Crippen molar-refractivity contribution in [3.63, 3.8) is 0 Å². The third-order valence-electron chi connectivity index (χ3n) is 4.92. The molecule has 0 unspecified atom stereocenters. The normalized spacial score (nSPS) is 11.9. The highest BCUT2D eigenvalue weighted by molar-refractivity contribution is 9.10. The maximum atomic E-state index is 6.06. The zero-order chi connectivity index (χ0) is 21.3. The van der Waals surface area contributed by atoms with Gasteiger partial charge in [0.25, 0.3) is 0 Å². The van der Waals surface area contributed by atoms with Crippen molar-refractivity contribution >= 4 is 27.5 Å². The summed E-state index contributed by atoms with van der Waals surface area (Å²) in [6.07, 6.45) is 2.15. The quantitative estimate of drug-likeness (QED) is 0.340. The van der Waals surface area contributed by atoms with Gasteiger partial charge in [-0.3, -0.25) is 0 Å². The number of halogens is 2. The fraction of sp³-hybridized carbons (Fsp3) is 0.280. The van der Waals surface area contributed by atoms with E-state index < -0.39 is 0 Å². The lowest BCUT2D eigenvalue weighted by Gasteiger charge is -2.17. The zero-order valence-electron chi connectivity index (χ0n) is 17.3. The summed E-state index contributed by atoms with van der Waals surface area (Å²) < 4.78 is 12.5. The summed E-state index contributed by atoms with van der Waals surface area (Å²) in [5, 5.41) is 4.30. The van der Waals surface area contributed by atoms with Gasteiger partial charge in [-0.25, -0.2) is 0 Å². The summed E-state index contributed by atoms with van der Waals surface area (Å²) in [7, 11) is 1.66. The first-order valence-corrected chi connectivity index (χ1v) is 11.2. The number of benzene rings is 3. The molecule has 3 nitrogen and oxygen atoms in total. The van der Waals surface area contributed by atoms with Crippen LogP contribution in [0, 0.1) is 0 Å². The minimum Gasteiger partial charge on any atom is -0.493 e. The predicted octanol–water partition coefficient (Wildman–Crippen LogP) is 6.80. The Morgan fingerprint density at radius 1 is 0.967 bits per heavy atom. The molecule has 1 atom stereocenters. The molecule has 30 heavy (non-hydrogen) atoms. The summed E-state index contributed by atoms with van der Waals surface area (Å²) in [5.41, 5.74) is 3.52. The molecule has 0 fully saturated rings. The molecule has 0 aliphatic rings. The summed E-state index contributed by atoms with van der Waals surface area (Å²) >= 11 is 9.69. The van der Waals surface area contributed by atoms with E-state index in [1.807, 2.05) is 30.3 Å². The molecule has 0 heterocycles. The fourth-order valence-electron chi connectivity index (χ4n) is 3.22. The summed E-state index contributed by atoms with van der Waals surface area (Å²) in [6.45, 7) is 3.40. The number of nitrogens with one attached hydrogen (secondary N) is 1. The molecule has 0 saturated heterocycles. The average Bonchev–Trinajstić information content (AvgIpc) is 2.76. The van der Waals surface area contributed by atoms with Crippen LogP contribution in [0.2, 0.25) is 5.02 Å². The van der Waals surface area contributed by atoms with Gasteiger partial charge in [0.1, 0.15) is 6.61 Å². The number of hydrogen-bond donors (Lipinski definition) is 1. The average molecular weight is 489 g/mol. The molecule has 1 N–H and O–H groups in total. The summed E-state index contributed by atoms with van der Waals surface area (Å²) in [6, 6.07) is 22.8. The Morgan fingerprint density at radius 2 is 1.73 bits per heavy atom. The van der Waals surface area contributed by atoms with Gasteiger partial charge in [0.15, 0.2) is 11.5 Å². The Labute approximate surface area is 192 Å². The van der Waals surface area contributed by atoms with Crippen LogP contribution >= 0.6 is 27.5 Å². The van der Waals surface area contributed by atoms with Crippen molar-refractivity contribution in [1.29, 1.82) is 0 Å². The second kappa shape index (κ2) is 11.4. The maximum absolute atomic E-state index is 6.06. The maximum Gasteiger partial charge on any atom is 0.175 e. The number of hydrogen-bond acceptors (Lipinski definition) is 3. The van der Waals surface area contributed by atoms with Crippen LogP contribution in [0.3, 0.4) is 0 Å². The monoisotopic (exact) mass is 487 g/mol. The van der Waals surface area contributed by atoms with Gasteiger partial charge >= 0.3 is 0 Å². The zero-order valence-corrected chi connectivity index (χ0v) is 19.7. The first-order chi connectivity index (χ1) is 14.5. The van der Waals surface area contributed by atoms with Gasteiger partial charge < -0.3 is 14.8 Å². The first kappa shape index (κ1) is 22.7. The highest BCUT2D eigenvalue weighted by Gasteiger charge is 2.13. The van der Waals surface area contributed by atoms with E-state index in [0.717, 1.165) is 35.0 Å². The van der Waals surface area contributed by atoms with Crippen molar-refractivity contribution in [2.24, 2.45) is 0 Å². The molecule has 0 amide bonds. The topological polar surface area (TPSA) is 30.5 Å². The molecule has 3 aromatic carbocycles. The van der Waals surface area contributed by atoms with Crippen LogP contribution in [0.4, 0.5) is 0 Å². The molecule has 0 bridgehead atoms. The van der Waals surface area contributed by atoms with Crippen LogP contribution in [0.25, 0.3) is 0 Å². The van der Waals surface area contributed by atoms with Crippen LogP contribution < -0.4 is 14.8 Å². The summed E-state index contributed by atoms with van der Waals surface area (Å²) in [4.78, 5) is 0. The second-order valence-corrected chi connectivity index (χ2v) is 8.62. The van der Waals surface area contributed by atoms with Gasteiger partial charge in [-0.1, -0.05) is 54.1 Å². The molecule has 3 aromatic rings. The Hall–Kier alpha value is -2.01. The van der Waals surface area contributed by atoms with E-state index in [-0.39, 0.29) is 0 Å². The van der Waals surface area contributed by atoms with E-state index in [2.05, 4.69) is 64.6 Å². The lowest BCUT2D eigenvalue weighted by molar-refractivity contribution is 0.282. The van der Waals surface area contributed by atoms with Crippen molar-refractivity contribution in [2.45, 2.75) is 39.0 Å². The molecule has 158 valence electrons. The Bertz CT molecular complexity index is 949. The molecule has 0 aliphatic heterocycles. The molecular formula is C25H27BrClNO2. The number of methoxy groups -OCH3 is 1. The van der Waals surface area contributed by atoms with Crippen LogP contribution in [-0.2, 0) is 19.6 Å². The Morgan fingerprint density at radius 3 is 2.47 bits per heavy atom. The van der Waals surface area contributed by atoms with E-state index in [4.69, 9.17) is 21.1 Å². The standard InChI is InChI=1S/C25H27BrClNO2/c1-18(11-12-19-7-4-3-5-8-19)28-16-21-14-23(26)25(24(15-21)29-2)30-17-20-9-6-10-22(27)13-20/h3-10,13-15,18,28H,11-12,16-17H2,1-2H3/t18-/m1/s1. The van der Waals surface area contributed by atoms with E-state index in [9.17, 15) is 0 Å². The molecule has 3 rings (SSSR count). The van der Waals surface area contributed by atoms with Gasteiger partial charge in [-0.15, -0.1) is 0 Å². The van der Waals surface area contributed by atoms with E-state index in [1.165, 1.54) is 5.56 Å². The Kier molecular flexibility index (Phi) is 8.61. The molecule has 0 radical (unpaired) electrons. The third kappa shape index (κ3) is 6.76. The number of ether oxygens (including phenoxy) is 2. The highest BCUT2D eigenvalue weighted by atomic mass is 79.9. The number of rotatable bonds is 10. The second-order valence-electron chi connectivity index (χ2n) is 7.33. The highest BCUT2D eigenvalue weighted by Crippen LogP contribution is 2.37. The van der Waals surface area contributed by atoms with Crippen molar-refractivity contribution in [1.82, 2.24) is 5.32 Å². The summed E-state index contributed by atoms with van der Waals surface area (Å²) in [5.74, 6) is 1.40. The lowest BCUT2D eigenvalue weighted by Crippen LogP contribution is -2.26. The van der Waals surface area contributed by atoms with Gasteiger partial charge in [-0.05, 0) is 76.7 Å². The van der Waals surface area contributed by atoms with E-state index in [1.54, 1.807) is 7.11 Å². The van der Waals surface area contributed by atoms with Gasteiger partial charge in [0, 0.05) is 17.6 Å². The fourth-order valence-corrected chi connectivity index (χ4v) is 4.04. The molecule has 0 saturated carbocycles. The van der Waals surface area contributed by atoms with Gasteiger partial charge in [0.2, 0.25) is 0 Å². The third-order valence-corrected chi connectivity index (χ3v) is 5.75. The molecule has 5 heteroatoms. The minimum atomic E-state index is 0.411. The minimum absolute atomic E-state index is 0.411. The molecule has 0 aromatic heterocycles. The van der Waals surface area contributed by atoms with Crippen molar-refractivity contribution in [2.75, 3.05) is 7.11 Å². The van der Waals surface area contributed by atoms with Gasteiger partial charge in [0.05, 0.1) is 11.6 Å². The van der Waals surface area contributed by atoms with Crippen molar-refractivity contribution in [3.05, 3.63) is 92.9 Å². The predicted molar refractivity (Wildman–Crippen MR) is 128 cm³/mol.